The largest absolute Gasteiger partial charge is 0.339 e. The van der Waals surface area contributed by atoms with Gasteiger partial charge in [0, 0.05) is 38.3 Å². The molecule has 5 heteroatoms. The van der Waals surface area contributed by atoms with Gasteiger partial charge < -0.3 is 20.0 Å². The van der Waals surface area contributed by atoms with E-state index >= 15 is 0 Å². The van der Waals surface area contributed by atoms with Crippen molar-refractivity contribution in [2.45, 2.75) is 19.4 Å². The molecule has 1 heterocycles. The van der Waals surface area contributed by atoms with Crippen molar-refractivity contribution in [3.05, 3.63) is 0 Å². The zero-order valence-electron chi connectivity index (χ0n) is 12.5. The Morgan fingerprint density at radius 2 is 1.78 bits per heavy atom. The second kappa shape index (κ2) is 6.50. The average Bonchev–Trinajstić information content (AvgIpc) is 2.29. The van der Waals surface area contributed by atoms with Gasteiger partial charge in [0.15, 0.2) is 0 Å². The fourth-order valence-electron chi connectivity index (χ4n) is 1.80. The van der Waals surface area contributed by atoms with Crippen LogP contribution in [0.2, 0.25) is 0 Å². The molecule has 0 aromatic heterocycles. The SMILES string of the molecule is CN1CCN(C(=O)CNCC(C)(C)N(C)C)CC1. The molecule has 1 fully saturated rings. The summed E-state index contributed by atoms with van der Waals surface area (Å²) in [4.78, 5) is 18.4. The highest BCUT2D eigenvalue weighted by Gasteiger charge is 2.22. The summed E-state index contributed by atoms with van der Waals surface area (Å²) in [5.41, 5.74) is 0.0718. The lowest BCUT2D eigenvalue weighted by Gasteiger charge is -2.34. The maximum absolute atomic E-state index is 12.0. The molecule has 1 amide bonds. The number of rotatable bonds is 5. The average molecular weight is 256 g/mol. The molecule has 18 heavy (non-hydrogen) atoms. The van der Waals surface area contributed by atoms with Crippen molar-refractivity contribution in [2.75, 3.05) is 60.4 Å². The van der Waals surface area contributed by atoms with Crippen LogP contribution in [0.3, 0.4) is 0 Å². The monoisotopic (exact) mass is 256 g/mol. The lowest BCUT2D eigenvalue weighted by Crippen LogP contribution is -2.52. The zero-order valence-corrected chi connectivity index (χ0v) is 12.5. The van der Waals surface area contributed by atoms with Gasteiger partial charge in [-0.05, 0) is 35.0 Å². The Labute approximate surface area is 111 Å². The molecule has 0 spiro atoms. The molecule has 0 unspecified atom stereocenters. The van der Waals surface area contributed by atoms with Crippen molar-refractivity contribution in [1.82, 2.24) is 20.0 Å². The number of amides is 1. The first kappa shape index (κ1) is 15.4. The van der Waals surface area contributed by atoms with Crippen molar-refractivity contribution < 1.29 is 4.79 Å². The number of hydrogen-bond donors (Lipinski definition) is 1. The normalized spacial score (nSPS) is 18.4. The van der Waals surface area contributed by atoms with E-state index in [-0.39, 0.29) is 11.4 Å². The van der Waals surface area contributed by atoms with Crippen LogP contribution in [0.5, 0.6) is 0 Å². The number of likely N-dealkylation sites (N-methyl/N-ethyl adjacent to an activating group) is 2. The molecule has 0 radical (unpaired) electrons. The smallest absolute Gasteiger partial charge is 0.236 e. The summed E-state index contributed by atoms with van der Waals surface area (Å²) < 4.78 is 0. The minimum atomic E-state index is 0.0718. The van der Waals surface area contributed by atoms with Crippen molar-refractivity contribution in [2.24, 2.45) is 0 Å². The Hall–Kier alpha value is -0.650. The Kier molecular flexibility index (Phi) is 5.56. The molecule has 0 aliphatic carbocycles. The van der Waals surface area contributed by atoms with E-state index in [1.807, 2.05) is 4.90 Å². The van der Waals surface area contributed by atoms with Crippen molar-refractivity contribution in [3.63, 3.8) is 0 Å². The number of carbonyl (C=O) groups is 1. The van der Waals surface area contributed by atoms with Gasteiger partial charge >= 0.3 is 0 Å². The van der Waals surface area contributed by atoms with Crippen molar-refractivity contribution in [1.29, 1.82) is 0 Å². The minimum absolute atomic E-state index is 0.0718. The summed E-state index contributed by atoms with van der Waals surface area (Å²) in [6, 6.07) is 0. The van der Waals surface area contributed by atoms with Gasteiger partial charge in [-0.2, -0.15) is 0 Å². The highest BCUT2D eigenvalue weighted by molar-refractivity contribution is 5.78. The van der Waals surface area contributed by atoms with Crippen LogP contribution in [0.1, 0.15) is 13.8 Å². The molecule has 106 valence electrons. The van der Waals surface area contributed by atoms with Crippen molar-refractivity contribution >= 4 is 5.91 Å². The number of carbonyl (C=O) groups excluding carboxylic acids is 1. The molecule has 1 N–H and O–H groups in total. The highest BCUT2D eigenvalue weighted by Crippen LogP contribution is 2.07. The molecular formula is C13H28N4O. The lowest BCUT2D eigenvalue weighted by atomic mass is 10.0. The second-order valence-corrected chi connectivity index (χ2v) is 5.99. The third-order valence-electron chi connectivity index (χ3n) is 3.90. The van der Waals surface area contributed by atoms with Crippen LogP contribution in [0, 0.1) is 0 Å². The first-order valence-corrected chi connectivity index (χ1v) is 6.67. The van der Waals surface area contributed by atoms with Crippen LogP contribution < -0.4 is 5.32 Å². The van der Waals surface area contributed by atoms with E-state index in [9.17, 15) is 4.79 Å². The third kappa shape index (κ3) is 4.55. The van der Waals surface area contributed by atoms with E-state index in [4.69, 9.17) is 0 Å². The molecule has 5 nitrogen and oxygen atoms in total. The molecule has 0 aromatic carbocycles. The van der Waals surface area contributed by atoms with E-state index in [1.165, 1.54) is 0 Å². The molecule has 1 aliphatic rings. The maximum atomic E-state index is 12.0. The summed E-state index contributed by atoms with van der Waals surface area (Å²) in [5, 5.41) is 3.27. The summed E-state index contributed by atoms with van der Waals surface area (Å²) in [7, 11) is 6.22. The molecule has 0 saturated carbocycles. The van der Waals surface area contributed by atoms with E-state index in [0.717, 1.165) is 32.7 Å². The summed E-state index contributed by atoms with van der Waals surface area (Å²) in [6.07, 6.45) is 0. The van der Waals surface area contributed by atoms with Crippen LogP contribution in [0.25, 0.3) is 0 Å². The minimum Gasteiger partial charge on any atom is -0.339 e. The fourth-order valence-corrected chi connectivity index (χ4v) is 1.80. The van der Waals surface area contributed by atoms with E-state index in [2.05, 4.69) is 50.1 Å². The topological polar surface area (TPSA) is 38.8 Å². The van der Waals surface area contributed by atoms with Crippen molar-refractivity contribution in [3.8, 4) is 0 Å². The zero-order chi connectivity index (χ0) is 13.8. The molecule has 0 bridgehead atoms. The number of hydrogen-bond acceptors (Lipinski definition) is 4. The van der Waals surface area contributed by atoms with Gasteiger partial charge in [0.05, 0.1) is 6.54 Å². The van der Waals surface area contributed by atoms with Gasteiger partial charge in [-0.15, -0.1) is 0 Å². The molecule has 1 rings (SSSR count). The Morgan fingerprint density at radius 3 is 2.28 bits per heavy atom. The predicted octanol–water partition coefficient (Wildman–Crippen LogP) is -0.310. The first-order valence-electron chi connectivity index (χ1n) is 6.67. The summed E-state index contributed by atoms with van der Waals surface area (Å²) >= 11 is 0. The van der Waals surface area contributed by atoms with Gasteiger partial charge in [-0.25, -0.2) is 0 Å². The molecule has 1 aliphatic heterocycles. The highest BCUT2D eigenvalue weighted by atomic mass is 16.2. The summed E-state index contributed by atoms with van der Waals surface area (Å²) in [6.45, 7) is 9.27. The molecule has 0 atom stereocenters. The number of nitrogens with one attached hydrogen (secondary N) is 1. The van der Waals surface area contributed by atoms with E-state index in [0.29, 0.717) is 6.54 Å². The van der Waals surface area contributed by atoms with Gasteiger partial charge in [0.25, 0.3) is 0 Å². The number of nitrogens with zero attached hydrogens (tertiary/aromatic N) is 3. The van der Waals surface area contributed by atoms with Gasteiger partial charge in [-0.3, -0.25) is 4.79 Å². The van der Waals surface area contributed by atoms with Gasteiger partial charge in [0.2, 0.25) is 5.91 Å². The molecule has 1 saturated heterocycles. The molecular weight excluding hydrogens is 228 g/mol. The van der Waals surface area contributed by atoms with E-state index < -0.39 is 0 Å². The van der Waals surface area contributed by atoms with Gasteiger partial charge in [-0.1, -0.05) is 0 Å². The van der Waals surface area contributed by atoms with Crippen LogP contribution in [0.4, 0.5) is 0 Å². The van der Waals surface area contributed by atoms with Crippen LogP contribution in [-0.4, -0.2) is 86.6 Å². The van der Waals surface area contributed by atoms with Crippen LogP contribution in [-0.2, 0) is 4.79 Å². The third-order valence-corrected chi connectivity index (χ3v) is 3.90. The van der Waals surface area contributed by atoms with Gasteiger partial charge in [0.1, 0.15) is 0 Å². The second-order valence-electron chi connectivity index (χ2n) is 5.99. The Balaban J connectivity index is 2.25. The first-order chi connectivity index (χ1) is 8.33. The Morgan fingerprint density at radius 1 is 1.22 bits per heavy atom. The predicted molar refractivity (Wildman–Crippen MR) is 74.7 cm³/mol. The maximum Gasteiger partial charge on any atom is 0.236 e. The molecule has 0 aromatic rings. The quantitative estimate of drug-likeness (QED) is 0.732. The Bertz CT molecular complexity index is 270. The standard InChI is InChI=1S/C13H28N4O/c1-13(2,15(3)4)11-14-10-12(18)17-8-6-16(5)7-9-17/h14H,6-11H2,1-5H3. The van der Waals surface area contributed by atoms with Crippen LogP contribution >= 0.6 is 0 Å². The summed E-state index contributed by atoms with van der Waals surface area (Å²) in [5.74, 6) is 0.220. The number of piperazine rings is 1. The lowest BCUT2D eigenvalue weighted by molar-refractivity contribution is -0.131. The van der Waals surface area contributed by atoms with Crippen LogP contribution in [0.15, 0.2) is 0 Å². The fraction of sp³-hybridized carbons (Fsp3) is 0.923. The van der Waals surface area contributed by atoms with E-state index in [1.54, 1.807) is 0 Å².